The van der Waals surface area contributed by atoms with E-state index in [9.17, 15) is 13.2 Å². The van der Waals surface area contributed by atoms with E-state index in [-0.39, 0.29) is 42.0 Å². The summed E-state index contributed by atoms with van der Waals surface area (Å²) in [7, 11) is -3.91. The van der Waals surface area contributed by atoms with Crippen molar-refractivity contribution in [3.05, 3.63) is 78.5 Å². The van der Waals surface area contributed by atoms with E-state index in [1.54, 1.807) is 11.0 Å². The number of carbonyl (C=O) groups excluding carboxylic acids is 1. The van der Waals surface area contributed by atoms with Crippen LogP contribution >= 0.6 is 0 Å². The zero-order valence-corrected chi connectivity index (χ0v) is 17.2. The van der Waals surface area contributed by atoms with Gasteiger partial charge in [0.2, 0.25) is 15.9 Å². The van der Waals surface area contributed by atoms with E-state index in [4.69, 9.17) is 4.74 Å². The lowest BCUT2D eigenvalue weighted by Crippen LogP contribution is -2.46. The largest absolute Gasteiger partial charge is 0.470 e. The molecule has 1 amide bonds. The Hall–Kier alpha value is -3.37. The first-order chi connectivity index (χ1) is 15.0. The number of amides is 1. The monoisotopic (exact) mass is 437 g/mol. The molecule has 2 aromatic heterocycles. The molecule has 0 radical (unpaired) electrons. The molecule has 0 aliphatic carbocycles. The fraction of sp³-hybridized carbons (Fsp3) is 0.238. The van der Waals surface area contributed by atoms with E-state index >= 15 is 0 Å². The average Bonchev–Trinajstić information content (AvgIpc) is 3.18. The Morgan fingerprint density at radius 1 is 1.03 bits per heavy atom. The highest BCUT2D eigenvalue weighted by molar-refractivity contribution is 7.89. The Morgan fingerprint density at radius 2 is 1.87 bits per heavy atom. The van der Waals surface area contributed by atoms with Crippen molar-refractivity contribution in [2.45, 2.75) is 23.6 Å². The lowest BCUT2D eigenvalue weighted by Gasteiger charge is -2.28. The summed E-state index contributed by atoms with van der Waals surface area (Å²) in [6, 6.07) is 11.9. The Kier molecular flexibility index (Phi) is 4.87. The molecule has 0 bridgehead atoms. The first-order valence-corrected chi connectivity index (χ1v) is 11.2. The second kappa shape index (κ2) is 7.71. The van der Waals surface area contributed by atoms with Crippen LogP contribution in [0.2, 0.25) is 0 Å². The minimum Gasteiger partial charge on any atom is -0.470 e. The Bertz CT molecular complexity index is 1210. The van der Waals surface area contributed by atoms with Gasteiger partial charge in [-0.05, 0) is 17.7 Å². The van der Waals surface area contributed by atoms with Gasteiger partial charge in [0.05, 0.1) is 18.8 Å². The number of nitrogens with zero attached hydrogens (tertiary/aromatic N) is 5. The van der Waals surface area contributed by atoms with Crippen molar-refractivity contribution in [3.8, 4) is 5.88 Å². The maximum Gasteiger partial charge on any atom is 0.274 e. The Morgan fingerprint density at radius 3 is 2.65 bits per heavy atom. The number of hydrogen-bond acceptors (Lipinski definition) is 7. The van der Waals surface area contributed by atoms with Crippen molar-refractivity contribution >= 4 is 15.9 Å². The standard InChI is InChI=1S/C21H19N5O4S/c27-21(16-11-22-9-10-23-16)25-13-17-18(14-25)30-20-19(7-4-8-24-20)31(28,29)26(17)12-15-5-2-1-3-6-15/h1-11,17-18H,12-14H2. The number of fused-ring (bicyclic) bond motifs is 2. The smallest absolute Gasteiger partial charge is 0.274 e. The topological polar surface area (TPSA) is 106 Å². The summed E-state index contributed by atoms with van der Waals surface area (Å²) in [6.45, 7) is 0.562. The molecule has 2 aliphatic heterocycles. The van der Waals surface area contributed by atoms with Crippen molar-refractivity contribution in [2.75, 3.05) is 13.1 Å². The summed E-state index contributed by atoms with van der Waals surface area (Å²) < 4.78 is 34.7. The normalized spacial score (nSPS) is 22.1. The van der Waals surface area contributed by atoms with Crippen molar-refractivity contribution in [3.63, 3.8) is 0 Å². The van der Waals surface area contributed by atoms with E-state index in [1.807, 2.05) is 30.3 Å². The SMILES string of the molecule is O=C(c1cnccn1)N1CC2Oc3ncccc3S(=O)(=O)N(Cc3ccccc3)C2C1. The first-order valence-electron chi connectivity index (χ1n) is 9.77. The molecule has 2 aliphatic rings. The van der Waals surface area contributed by atoms with Gasteiger partial charge in [-0.2, -0.15) is 4.31 Å². The van der Waals surface area contributed by atoms with Crippen LogP contribution in [0.25, 0.3) is 0 Å². The van der Waals surface area contributed by atoms with Crippen LogP contribution in [0.4, 0.5) is 0 Å². The number of aromatic nitrogens is 3. The number of carbonyl (C=O) groups is 1. The van der Waals surface area contributed by atoms with Crippen LogP contribution in [0.3, 0.4) is 0 Å². The van der Waals surface area contributed by atoms with Crippen LogP contribution in [0.15, 0.2) is 72.1 Å². The number of likely N-dealkylation sites (tertiary alicyclic amines) is 1. The maximum atomic E-state index is 13.6. The van der Waals surface area contributed by atoms with E-state index in [0.29, 0.717) is 0 Å². The third kappa shape index (κ3) is 3.53. The number of hydrogen-bond donors (Lipinski definition) is 0. The van der Waals surface area contributed by atoms with Crippen molar-refractivity contribution in [1.29, 1.82) is 0 Å². The molecule has 1 fully saturated rings. The molecule has 158 valence electrons. The molecule has 0 N–H and O–H groups in total. The summed E-state index contributed by atoms with van der Waals surface area (Å²) in [6.07, 6.45) is 5.27. The van der Waals surface area contributed by atoms with Gasteiger partial charge in [0.1, 0.15) is 16.7 Å². The lowest BCUT2D eigenvalue weighted by atomic mass is 10.1. The number of ether oxygens (including phenoxy) is 1. The van der Waals surface area contributed by atoms with Gasteiger partial charge in [0.25, 0.3) is 5.91 Å². The number of benzene rings is 1. The van der Waals surface area contributed by atoms with Crippen molar-refractivity contribution in [2.24, 2.45) is 0 Å². The van der Waals surface area contributed by atoms with Crippen molar-refractivity contribution < 1.29 is 17.9 Å². The molecule has 2 unspecified atom stereocenters. The van der Waals surface area contributed by atoms with Gasteiger partial charge in [-0.3, -0.25) is 9.78 Å². The van der Waals surface area contributed by atoms with Crippen LogP contribution in [0, 0.1) is 0 Å². The second-order valence-corrected chi connectivity index (χ2v) is 9.23. The van der Waals surface area contributed by atoms with Gasteiger partial charge in [-0.25, -0.2) is 18.4 Å². The van der Waals surface area contributed by atoms with E-state index < -0.39 is 22.2 Å². The Balaban J connectivity index is 1.54. The van der Waals surface area contributed by atoms with Gasteiger partial charge in [0, 0.05) is 31.7 Å². The summed E-state index contributed by atoms with van der Waals surface area (Å²) in [5, 5.41) is 0. The predicted octanol–water partition coefficient (Wildman–Crippen LogP) is 1.35. The minimum atomic E-state index is -3.91. The highest BCUT2D eigenvalue weighted by Gasteiger charge is 2.48. The van der Waals surface area contributed by atoms with Gasteiger partial charge < -0.3 is 9.64 Å². The molecule has 1 aromatic carbocycles. The van der Waals surface area contributed by atoms with Gasteiger partial charge in [-0.1, -0.05) is 30.3 Å². The van der Waals surface area contributed by atoms with Crippen molar-refractivity contribution in [1.82, 2.24) is 24.2 Å². The lowest BCUT2D eigenvalue weighted by molar-refractivity contribution is 0.0763. The van der Waals surface area contributed by atoms with Gasteiger partial charge in [0.15, 0.2) is 0 Å². The van der Waals surface area contributed by atoms with Crippen LogP contribution in [0.5, 0.6) is 5.88 Å². The average molecular weight is 437 g/mol. The summed E-state index contributed by atoms with van der Waals surface area (Å²) >= 11 is 0. The van der Waals surface area contributed by atoms with Crippen LogP contribution in [0.1, 0.15) is 16.1 Å². The van der Waals surface area contributed by atoms with Gasteiger partial charge >= 0.3 is 0 Å². The Labute approximate surface area is 179 Å². The molecule has 3 aromatic rings. The first kappa shape index (κ1) is 19.6. The predicted molar refractivity (Wildman–Crippen MR) is 110 cm³/mol. The fourth-order valence-corrected chi connectivity index (χ4v) is 5.66. The second-order valence-electron chi connectivity index (χ2n) is 7.37. The highest BCUT2D eigenvalue weighted by Crippen LogP contribution is 2.36. The molecule has 10 heteroatoms. The third-order valence-electron chi connectivity index (χ3n) is 5.44. The molecular formula is C21H19N5O4S. The number of pyridine rings is 1. The van der Waals surface area contributed by atoms with E-state index in [0.717, 1.165) is 5.56 Å². The maximum absolute atomic E-state index is 13.6. The number of rotatable bonds is 3. The molecular weight excluding hydrogens is 418 g/mol. The molecule has 0 saturated carbocycles. The van der Waals surface area contributed by atoms with E-state index in [2.05, 4.69) is 15.0 Å². The van der Waals surface area contributed by atoms with Gasteiger partial charge in [-0.15, -0.1) is 0 Å². The molecule has 4 heterocycles. The molecule has 0 spiro atoms. The van der Waals surface area contributed by atoms with Crippen LogP contribution in [-0.2, 0) is 16.6 Å². The molecule has 31 heavy (non-hydrogen) atoms. The zero-order chi connectivity index (χ0) is 21.4. The molecule has 5 rings (SSSR count). The fourth-order valence-electron chi connectivity index (χ4n) is 3.96. The van der Waals surface area contributed by atoms with E-state index in [1.165, 1.54) is 35.2 Å². The zero-order valence-electron chi connectivity index (χ0n) is 16.4. The molecule has 9 nitrogen and oxygen atoms in total. The van der Waals surface area contributed by atoms with Crippen LogP contribution < -0.4 is 4.74 Å². The highest BCUT2D eigenvalue weighted by atomic mass is 32.2. The quantitative estimate of drug-likeness (QED) is 0.609. The molecule has 1 saturated heterocycles. The number of sulfonamides is 1. The third-order valence-corrected chi connectivity index (χ3v) is 7.33. The summed E-state index contributed by atoms with van der Waals surface area (Å²) in [5.74, 6) is -0.259. The summed E-state index contributed by atoms with van der Waals surface area (Å²) in [4.78, 5) is 26.7. The summed E-state index contributed by atoms with van der Waals surface area (Å²) in [5.41, 5.74) is 1.05. The molecule has 2 atom stereocenters. The minimum absolute atomic E-state index is 0.0344. The van der Waals surface area contributed by atoms with Crippen LogP contribution in [-0.4, -0.2) is 63.7 Å².